The van der Waals surface area contributed by atoms with Crippen LogP contribution in [0.25, 0.3) is 23.3 Å². The molecule has 2 heterocycles. The SMILES string of the molecule is CCCn1c(=O)c2c(nc(C=Cc3ccc(OC)c(C(=O)O)c3)n2C)n(CCC)c1=O. The molecule has 0 aliphatic carbocycles. The highest BCUT2D eigenvalue weighted by Crippen LogP contribution is 2.21. The number of nitrogens with zero attached hydrogens (tertiary/aromatic N) is 4. The third kappa shape index (κ3) is 4.03. The van der Waals surface area contributed by atoms with Gasteiger partial charge in [0.2, 0.25) is 0 Å². The first kappa shape index (κ1) is 22.1. The topological polar surface area (TPSA) is 108 Å². The Labute approximate surface area is 178 Å². The molecule has 0 bridgehead atoms. The van der Waals surface area contributed by atoms with E-state index in [1.165, 1.54) is 17.7 Å². The second-order valence-corrected chi connectivity index (χ2v) is 7.19. The van der Waals surface area contributed by atoms with Crippen molar-refractivity contribution in [3.63, 3.8) is 0 Å². The Morgan fingerprint density at radius 1 is 1.13 bits per heavy atom. The average Bonchev–Trinajstić information content (AvgIpc) is 3.08. The van der Waals surface area contributed by atoms with E-state index < -0.39 is 5.97 Å². The van der Waals surface area contributed by atoms with Gasteiger partial charge < -0.3 is 14.4 Å². The van der Waals surface area contributed by atoms with Crippen LogP contribution in [0, 0.1) is 0 Å². The zero-order chi connectivity index (χ0) is 22.7. The molecule has 0 aliphatic rings. The molecule has 0 spiro atoms. The highest BCUT2D eigenvalue weighted by Gasteiger charge is 2.18. The van der Waals surface area contributed by atoms with Crippen molar-refractivity contribution in [2.24, 2.45) is 7.05 Å². The molecule has 0 unspecified atom stereocenters. The van der Waals surface area contributed by atoms with Gasteiger partial charge in [-0.1, -0.05) is 26.0 Å². The van der Waals surface area contributed by atoms with Gasteiger partial charge in [-0.15, -0.1) is 0 Å². The predicted molar refractivity (Wildman–Crippen MR) is 119 cm³/mol. The van der Waals surface area contributed by atoms with Gasteiger partial charge >= 0.3 is 11.7 Å². The number of benzene rings is 1. The first-order valence-corrected chi connectivity index (χ1v) is 10.1. The van der Waals surface area contributed by atoms with E-state index in [1.54, 1.807) is 40.5 Å². The monoisotopic (exact) mass is 426 g/mol. The number of hydrogen-bond acceptors (Lipinski definition) is 5. The standard InChI is InChI=1S/C22H26N4O5/c1-5-11-25-19-18(20(27)26(12-6-2)22(25)30)24(3)17(23-19)10-8-14-7-9-16(31-4)15(13-14)21(28)29/h7-10,13H,5-6,11-12H2,1-4H3,(H,28,29). The number of carboxylic acid groups (broad SMARTS) is 1. The van der Waals surface area contributed by atoms with Crippen molar-refractivity contribution in [3.8, 4) is 5.75 Å². The summed E-state index contributed by atoms with van der Waals surface area (Å²) >= 11 is 0. The molecule has 0 amide bonds. The summed E-state index contributed by atoms with van der Waals surface area (Å²) in [7, 11) is 3.14. The van der Waals surface area contributed by atoms with E-state index in [0.29, 0.717) is 42.1 Å². The Kier molecular flexibility index (Phi) is 6.43. The fourth-order valence-electron chi connectivity index (χ4n) is 3.54. The average molecular weight is 426 g/mol. The van der Waals surface area contributed by atoms with E-state index in [9.17, 15) is 19.5 Å². The molecule has 9 heteroatoms. The van der Waals surface area contributed by atoms with Gasteiger partial charge in [0.15, 0.2) is 11.2 Å². The molecule has 0 fully saturated rings. The van der Waals surface area contributed by atoms with Crippen molar-refractivity contribution in [2.45, 2.75) is 39.8 Å². The zero-order valence-corrected chi connectivity index (χ0v) is 18.1. The summed E-state index contributed by atoms with van der Waals surface area (Å²) in [5.74, 6) is -0.333. The minimum atomic E-state index is -1.09. The molecule has 1 N–H and O–H groups in total. The third-order valence-corrected chi connectivity index (χ3v) is 5.05. The number of aromatic nitrogens is 4. The van der Waals surface area contributed by atoms with Crippen LogP contribution in [-0.4, -0.2) is 36.9 Å². The van der Waals surface area contributed by atoms with Crippen molar-refractivity contribution in [2.75, 3.05) is 7.11 Å². The van der Waals surface area contributed by atoms with Gasteiger partial charge in [0.05, 0.1) is 7.11 Å². The molecule has 0 atom stereocenters. The summed E-state index contributed by atoms with van der Waals surface area (Å²) in [5.41, 5.74) is 0.695. The largest absolute Gasteiger partial charge is 0.496 e. The van der Waals surface area contributed by atoms with Crippen molar-refractivity contribution < 1.29 is 14.6 Å². The highest BCUT2D eigenvalue weighted by atomic mass is 16.5. The Bertz CT molecular complexity index is 1280. The highest BCUT2D eigenvalue weighted by molar-refractivity contribution is 5.92. The number of carbonyl (C=O) groups is 1. The van der Waals surface area contributed by atoms with Gasteiger partial charge in [-0.2, -0.15) is 0 Å². The van der Waals surface area contributed by atoms with Crippen molar-refractivity contribution in [1.29, 1.82) is 0 Å². The lowest BCUT2D eigenvalue weighted by atomic mass is 10.1. The minimum Gasteiger partial charge on any atom is -0.496 e. The number of rotatable bonds is 8. The molecule has 9 nitrogen and oxygen atoms in total. The quantitative estimate of drug-likeness (QED) is 0.593. The normalized spacial score (nSPS) is 11.5. The van der Waals surface area contributed by atoms with Crippen LogP contribution < -0.4 is 16.0 Å². The van der Waals surface area contributed by atoms with Crippen LogP contribution in [-0.2, 0) is 20.1 Å². The zero-order valence-electron chi connectivity index (χ0n) is 18.1. The predicted octanol–water partition coefficient (Wildman–Crippen LogP) is 2.59. The first-order chi connectivity index (χ1) is 14.8. The van der Waals surface area contributed by atoms with Crippen LogP contribution in [0.4, 0.5) is 0 Å². The van der Waals surface area contributed by atoms with E-state index in [-0.39, 0.29) is 22.6 Å². The molecular formula is C22H26N4O5. The summed E-state index contributed by atoms with van der Waals surface area (Å²) in [6.07, 6.45) is 4.80. The molecular weight excluding hydrogens is 400 g/mol. The molecule has 164 valence electrons. The molecule has 0 saturated carbocycles. The number of imidazole rings is 1. The number of aromatic carboxylic acids is 1. The second-order valence-electron chi connectivity index (χ2n) is 7.19. The van der Waals surface area contributed by atoms with E-state index in [4.69, 9.17) is 4.74 Å². The molecule has 3 aromatic rings. The van der Waals surface area contributed by atoms with Gasteiger partial charge in [-0.25, -0.2) is 14.6 Å². The maximum absolute atomic E-state index is 13.0. The summed E-state index contributed by atoms with van der Waals surface area (Å²) < 4.78 is 9.55. The summed E-state index contributed by atoms with van der Waals surface area (Å²) in [6.45, 7) is 4.68. The number of carboxylic acids is 1. The molecule has 3 rings (SSSR count). The molecule has 0 aliphatic heterocycles. The number of ether oxygens (including phenoxy) is 1. The molecule has 0 saturated heterocycles. The van der Waals surface area contributed by atoms with Gasteiger partial charge in [0.1, 0.15) is 17.1 Å². The Morgan fingerprint density at radius 2 is 1.81 bits per heavy atom. The van der Waals surface area contributed by atoms with Crippen LogP contribution in [0.5, 0.6) is 5.75 Å². The van der Waals surface area contributed by atoms with Crippen LogP contribution in [0.15, 0.2) is 27.8 Å². The van der Waals surface area contributed by atoms with Crippen molar-refractivity contribution in [3.05, 3.63) is 56.0 Å². The number of hydrogen-bond donors (Lipinski definition) is 1. The number of fused-ring (bicyclic) bond motifs is 1. The maximum Gasteiger partial charge on any atom is 0.339 e. The minimum absolute atomic E-state index is 0.0499. The Morgan fingerprint density at radius 3 is 2.42 bits per heavy atom. The maximum atomic E-state index is 13.0. The Hall–Kier alpha value is -3.62. The van der Waals surface area contributed by atoms with E-state index in [1.807, 2.05) is 13.8 Å². The van der Waals surface area contributed by atoms with Crippen molar-refractivity contribution in [1.82, 2.24) is 18.7 Å². The van der Waals surface area contributed by atoms with E-state index in [2.05, 4.69) is 4.98 Å². The lowest BCUT2D eigenvalue weighted by Crippen LogP contribution is -2.40. The fourth-order valence-corrected chi connectivity index (χ4v) is 3.54. The van der Waals surface area contributed by atoms with Gasteiger partial charge in [-0.3, -0.25) is 13.9 Å². The third-order valence-electron chi connectivity index (χ3n) is 5.05. The lowest BCUT2D eigenvalue weighted by molar-refractivity contribution is 0.0693. The molecule has 0 radical (unpaired) electrons. The fraction of sp³-hybridized carbons (Fsp3) is 0.364. The van der Waals surface area contributed by atoms with Crippen LogP contribution in [0.3, 0.4) is 0 Å². The number of methoxy groups -OCH3 is 1. The van der Waals surface area contributed by atoms with E-state index in [0.717, 1.165) is 6.42 Å². The molecule has 31 heavy (non-hydrogen) atoms. The molecule has 1 aromatic carbocycles. The first-order valence-electron chi connectivity index (χ1n) is 10.1. The van der Waals surface area contributed by atoms with Crippen LogP contribution in [0.1, 0.15) is 48.4 Å². The summed E-state index contributed by atoms with van der Waals surface area (Å²) in [5, 5.41) is 9.36. The van der Waals surface area contributed by atoms with E-state index >= 15 is 0 Å². The lowest BCUT2D eigenvalue weighted by Gasteiger charge is -2.10. The van der Waals surface area contributed by atoms with Gasteiger partial charge in [-0.05, 0) is 36.6 Å². The Balaban J connectivity index is 2.15. The summed E-state index contributed by atoms with van der Waals surface area (Å²) in [4.78, 5) is 41.8. The smallest absolute Gasteiger partial charge is 0.339 e. The van der Waals surface area contributed by atoms with Crippen LogP contribution >= 0.6 is 0 Å². The summed E-state index contributed by atoms with van der Waals surface area (Å²) in [6, 6.07) is 4.81. The van der Waals surface area contributed by atoms with Crippen molar-refractivity contribution >= 4 is 29.3 Å². The molecule has 2 aromatic heterocycles. The number of aryl methyl sites for hydroxylation is 2. The van der Waals surface area contributed by atoms with Crippen LogP contribution in [0.2, 0.25) is 0 Å². The van der Waals surface area contributed by atoms with Gasteiger partial charge in [0.25, 0.3) is 5.56 Å². The second kappa shape index (κ2) is 9.03. The van der Waals surface area contributed by atoms with Gasteiger partial charge in [0, 0.05) is 20.1 Å².